The number of aromatic nitrogens is 2. The van der Waals surface area contributed by atoms with Crippen LogP contribution in [0.1, 0.15) is 55.7 Å². The minimum Gasteiger partial charge on any atom is -0.473 e. The summed E-state index contributed by atoms with van der Waals surface area (Å²) in [6, 6.07) is 11.0. The van der Waals surface area contributed by atoms with Crippen molar-refractivity contribution in [2.24, 2.45) is 5.41 Å². The van der Waals surface area contributed by atoms with E-state index in [1.54, 1.807) is 0 Å². The van der Waals surface area contributed by atoms with Crippen LogP contribution in [0.25, 0.3) is 0 Å². The molecule has 0 amide bonds. The third-order valence-corrected chi connectivity index (χ3v) is 8.30. The van der Waals surface area contributed by atoms with Crippen molar-refractivity contribution in [3.05, 3.63) is 41.0 Å². The van der Waals surface area contributed by atoms with Gasteiger partial charge in [-0.15, -0.1) is 10.2 Å². The molecule has 0 saturated carbocycles. The number of anilines is 2. The zero-order valence-corrected chi connectivity index (χ0v) is 20.7. The molecule has 3 fully saturated rings. The van der Waals surface area contributed by atoms with Crippen molar-refractivity contribution in [2.75, 3.05) is 42.5 Å². The molecule has 3 aliphatic heterocycles. The molecule has 7 nitrogen and oxygen atoms in total. The van der Waals surface area contributed by atoms with Crippen LogP contribution in [0.4, 0.5) is 11.5 Å². The van der Waals surface area contributed by atoms with Gasteiger partial charge >= 0.3 is 0 Å². The predicted molar refractivity (Wildman–Crippen MR) is 134 cm³/mol. The lowest BCUT2D eigenvalue weighted by Gasteiger charge is -2.39. The Bertz CT molecular complexity index is 1050. The zero-order valence-electron chi connectivity index (χ0n) is 20.7. The second kappa shape index (κ2) is 9.42. The molecule has 3 saturated heterocycles. The van der Waals surface area contributed by atoms with Gasteiger partial charge in [0.25, 0.3) is 0 Å². The van der Waals surface area contributed by atoms with Crippen molar-refractivity contribution < 1.29 is 4.74 Å². The van der Waals surface area contributed by atoms with Crippen molar-refractivity contribution in [3.8, 4) is 11.9 Å². The van der Waals surface area contributed by atoms with Gasteiger partial charge in [-0.05, 0) is 101 Å². The van der Waals surface area contributed by atoms with Gasteiger partial charge in [-0.25, -0.2) is 0 Å². The summed E-state index contributed by atoms with van der Waals surface area (Å²) in [4.78, 5) is 4.95. The molecule has 3 aliphatic rings. The Morgan fingerprint density at radius 1 is 1.06 bits per heavy atom. The normalized spacial score (nSPS) is 22.7. The van der Waals surface area contributed by atoms with E-state index in [-0.39, 0.29) is 6.10 Å². The van der Waals surface area contributed by atoms with E-state index in [0.717, 1.165) is 75.4 Å². The fourth-order valence-corrected chi connectivity index (χ4v) is 6.08. The summed E-state index contributed by atoms with van der Waals surface area (Å²) in [5, 5.41) is 21.6. The van der Waals surface area contributed by atoms with Gasteiger partial charge in [0.05, 0.1) is 11.6 Å². The number of ether oxygens (including phenoxy) is 1. The lowest BCUT2D eigenvalue weighted by atomic mass is 9.77. The van der Waals surface area contributed by atoms with Crippen molar-refractivity contribution in [2.45, 2.75) is 65.0 Å². The zero-order chi connectivity index (χ0) is 23.7. The van der Waals surface area contributed by atoms with Crippen LogP contribution < -0.4 is 19.9 Å². The van der Waals surface area contributed by atoms with Crippen LogP contribution in [0.3, 0.4) is 0 Å². The van der Waals surface area contributed by atoms with E-state index in [2.05, 4.69) is 64.3 Å². The second-order valence-corrected chi connectivity index (χ2v) is 10.5. The van der Waals surface area contributed by atoms with Gasteiger partial charge in [-0.1, -0.05) is 0 Å². The quantitative estimate of drug-likeness (QED) is 0.739. The fourth-order valence-electron chi connectivity index (χ4n) is 6.08. The van der Waals surface area contributed by atoms with Gasteiger partial charge in [0.2, 0.25) is 5.88 Å². The van der Waals surface area contributed by atoms with Gasteiger partial charge in [0.15, 0.2) is 5.82 Å². The molecule has 1 atom stereocenters. The number of nitrogens with zero attached hydrogens (tertiary/aromatic N) is 5. The number of rotatable bonds is 4. The number of hydrogen-bond acceptors (Lipinski definition) is 7. The summed E-state index contributed by atoms with van der Waals surface area (Å²) >= 11 is 0. The number of hydrogen-bond donors (Lipinski definition) is 1. The average molecular weight is 461 g/mol. The molecule has 5 rings (SSSR count). The van der Waals surface area contributed by atoms with Crippen LogP contribution in [0, 0.1) is 30.6 Å². The molecular formula is C27H36N6O. The molecule has 0 radical (unpaired) electrons. The average Bonchev–Trinajstić information content (AvgIpc) is 3.17. The Balaban J connectivity index is 1.21. The summed E-state index contributed by atoms with van der Waals surface area (Å²) in [7, 11) is 0. The van der Waals surface area contributed by atoms with Crippen LogP contribution in [-0.4, -0.2) is 55.1 Å². The molecule has 0 bridgehead atoms. The second-order valence-electron chi connectivity index (χ2n) is 10.5. The highest BCUT2D eigenvalue weighted by Crippen LogP contribution is 2.46. The molecule has 7 heteroatoms. The smallest absolute Gasteiger partial charge is 0.233 e. The van der Waals surface area contributed by atoms with Gasteiger partial charge in [0, 0.05) is 37.4 Å². The van der Waals surface area contributed by atoms with Crippen molar-refractivity contribution >= 4 is 11.5 Å². The first-order valence-electron chi connectivity index (χ1n) is 12.7. The lowest BCUT2D eigenvalue weighted by Crippen LogP contribution is -2.42. The van der Waals surface area contributed by atoms with Crippen molar-refractivity contribution in [1.82, 2.24) is 15.5 Å². The molecule has 1 spiro atoms. The summed E-state index contributed by atoms with van der Waals surface area (Å²) in [5.74, 6) is 1.59. The highest BCUT2D eigenvalue weighted by Gasteiger charge is 2.44. The monoisotopic (exact) mass is 460 g/mol. The minimum absolute atomic E-state index is 0.243. The first-order valence-corrected chi connectivity index (χ1v) is 12.7. The molecular weight excluding hydrogens is 424 g/mol. The van der Waals surface area contributed by atoms with Crippen LogP contribution in [0.2, 0.25) is 0 Å². The van der Waals surface area contributed by atoms with Crippen molar-refractivity contribution in [1.29, 1.82) is 5.26 Å². The maximum absolute atomic E-state index is 9.37. The summed E-state index contributed by atoms with van der Waals surface area (Å²) in [5.41, 5.74) is 4.76. The third kappa shape index (κ3) is 4.44. The Morgan fingerprint density at radius 2 is 1.82 bits per heavy atom. The van der Waals surface area contributed by atoms with Crippen LogP contribution in [-0.2, 0) is 0 Å². The number of nitrogens with one attached hydrogen (secondary N) is 1. The van der Waals surface area contributed by atoms with Gasteiger partial charge in [-0.2, -0.15) is 5.26 Å². The Kier molecular flexibility index (Phi) is 6.35. The largest absolute Gasteiger partial charge is 0.473 e. The number of nitriles is 1. The lowest BCUT2D eigenvalue weighted by molar-refractivity contribution is 0.154. The molecule has 34 heavy (non-hydrogen) atoms. The first-order chi connectivity index (χ1) is 16.5. The molecule has 1 aromatic carbocycles. The van der Waals surface area contributed by atoms with Crippen LogP contribution >= 0.6 is 0 Å². The van der Waals surface area contributed by atoms with E-state index in [0.29, 0.717) is 17.3 Å². The molecule has 0 unspecified atom stereocenters. The number of piperidine rings is 2. The topological polar surface area (TPSA) is 77.3 Å². The van der Waals surface area contributed by atoms with E-state index in [4.69, 9.17) is 4.74 Å². The third-order valence-electron chi connectivity index (χ3n) is 8.30. The summed E-state index contributed by atoms with van der Waals surface area (Å²) in [6.07, 6.45) is 5.83. The van der Waals surface area contributed by atoms with Crippen LogP contribution in [0.5, 0.6) is 5.88 Å². The standard InChI is InChI=1S/C27H36N6O/c1-19-16-27(18-33(19)24-5-4-22(17-28)20(2)21(24)3)10-14-32(15-11-27)25-6-7-26(31-30-25)34-23-8-12-29-13-9-23/h4-7,19,23,29H,8-16,18H2,1-3H3/t19-/m0/s1. The number of benzene rings is 1. The van der Waals surface area contributed by atoms with Crippen molar-refractivity contribution in [3.63, 3.8) is 0 Å². The highest BCUT2D eigenvalue weighted by atomic mass is 16.5. The van der Waals surface area contributed by atoms with E-state index < -0.39 is 0 Å². The van der Waals surface area contributed by atoms with Gasteiger partial charge in [0.1, 0.15) is 6.10 Å². The van der Waals surface area contributed by atoms with Gasteiger partial charge < -0.3 is 19.9 Å². The van der Waals surface area contributed by atoms with E-state index in [9.17, 15) is 5.26 Å². The molecule has 4 heterocycles. The molecule has 2 aromatic rings. The van der Waals surface area contributed by atoms with E-state index >= 15 is 0 Å². The van der Waals surface area contributed by atoms with E-state index in [1.807, 2.05) is 12.1 Å². The predicted octanol–water partition coefficient (Wildman–Crippen LogP) is 3.98. The fraction of sp³-hybridized carbons (Fsp3) is 0.593. The first kappa shape index (κ1) is 22.9. The Hall–Kier alpha value is -2.85. The molecule has 1 N–H and O–H groups in total. The summed E-state index contributed by atoms with van der Waals surface area (Å²) in [6.45, 7) is 11.7. The van der Waals surface area contributed by atoms with Crippen LogP contribution in [0.15, 0.2) is 24.3 Å². The SMILES string of the molecule is Cc1c(C#N)ccc(N2CC3(CCN(c4ccc(OC5CCNCC5)nn4)CC3)C[C@@H]2C)c1C. The van der Waals surface area contributed by atoms with E-state index in [1.165, 1.54) is 17.7 Å². The molecule has 180 valence electrons. The highest BCUT2D eigenvalue weighted by molar-refractivity contribution is 5.61. The van der Waals surface area contributed by atoms with Gasteiger partial charge in [-0.3, -0.25) is 0 Å². The Labute approximate surface area is 203 Å². The maximum Gasteiger partial charge on any atom is 0.233 e. The Morgan fingerprint density at radius 3 is 2.50 bits per heavy atom. The molecule has 0 aliphatic carbocycles. The summed E-state index contributed by atoms with van der Waals surface area (Å²) < 4.78 is 6.02. The minimum atomic E-state index is 0.243. The molecule has 1 aromatic heterocycles. The maximum atomic E-state index is 9.37.